The Bertz CT molecular complexity index is 1090. The van der Waals surface area contributed by atoms with Gasteiger partial charge in [-0.05, 0) is 37.0 Å². The first kappa shape index (κ1) is 23.0. The Hall–Kier alpha value is -3.22. The number of nitrogens with zero attached hydrogens (tertiary/aromatic N) is 5. The summed E-state index contributed by atoms with van der Waals surface area (Å²) in [6, 6.07) is 7.97. The minimum Gasteiger partial charge on any atom is -0.356 e. The number of halogens is 1. The summed E-state index contributed by atoms with van der Waals surface area (Å²) in [5.74, 6) is 2.16. The predicted molar refractivity (Wildman–Crippen MR) is 125 cm³/mol. The third kappa shape index (κ3) is 6.40. The van der Waals surface area contributed by atoms with E-state index in [1.807, 2.05) is 13.0 Å². The summed E-state index contributed by atoms with van der Waals surface area (Å²) in [6.07, 6.45) is 5.65. The first-order valence-corrected chi connectivity index (χ1v) is 11.6. The summed E-state index contributed by atoms with van der Waals surface area (Å²) in [4.78, 5) is 19.7. The summed E-state index contributed by atoms with van der Waals surface area (Å²) in [7, 11) is 0. The van der Waals surface area contributed by atoms with Crippen molar-refractivity contribution in [3.8, 4) is 0 Å². The van der Waals surface area contributed by atoms with Gasteiger partial charge in [-0.15, -0.1) is 0 Å². The molecule has 0 spiro atoms. The van der Waals surface area contributed by atoms with E-state index in [1.54, 1.807) is 30.7 Å². The molecule has 0 bridgehead atoms. The van der Waals surface area contributed by atoms with E-state index in [0.717, 1.165) is 24.3 Å². The molecule has 12 heteroatoms. The van der Waals surface area contributed by atoms with Crippen LogP contribution in [0.1, 0.15) is 24.9 Å². The lowest BCUT2D eigenvalue weighted by atomic mass is 10.1. The Morgan fingerprint density at radius 2 is 2.06 bits per heavy atom. The molecule has 33 heavy (non-hydrogen) atoms. The lowest BCUT2D eigenvalue weighted by Crippen LogP contribution is -2.28. The summed E-state index contributed by atoms with van der Waals surface area (Å²) < 4.78 is 35.8. The number of hydrogen-bond acceptors (Lipinski definition) is 8. The van der Waals surface area contributed by atoms with Gasteiger partial charge in [0.1, 0.15) is 23.3 Å². The number of rotatable bonds is 9. The number of hydrogen-bond donors (Lipinski definition) is 4. The van der Waals surface area contributed by atoms with Gasteiger partial charge in [0, 0.05) is 38.1 Å². The van der Waals surface area contributed by atoms with Crippen molar-refractivity contribution < 1.29 is 13.2 Å². The lowest BCUT2D eigenvalue weighted by Gasteiger charge is -2.21. The van der Waals surface area contributed by atoms with Crippen LogP contribution < -0.4 is 20.3 Å². The first-order valence-electron chi connectivity index (χ1n) is 10.5. The molecular formula is C21H25FN8O2S. The molecule has 0 amide bonds. The molecule has 0 saturated carbocycles. The highest BCUT2D eigenvalue weighted by Gasteiger charge is 2.25. The molecule has 2 aromatic heterocycles. The highest BCUT2D eigenvalue weighted by Crippen LogP contribution is 2.27. The van der Waals surface area contributed by atoms with Crippen LogP contribution in [0.2, 0.25) is 0 Å². The zero-order chi connectivity index (χ0) is 23.2. The van der Waals surface area contributed by atoms with Crippen molar-refractivity contribution in [1.29, 1.82) is 0 Å². The average Bonchev–Trinajstić information content (AvgIpc) is 3.28. The largest absolute Gasteiger partial charge is 0.356 e. The van der Waals surface area contributed by atoms with E-state index >= 15 is 0 Å². The highest BCUT2D eigenvalue weighted by atomic mass is 32.2. The summed E-state index contributed by atoms with van der Waals surface area (Å²) in [6.45, 7) is 3.85. The van der Waals surface area contributed by atoms with Gasteiger partial charge < -0.3 is 15.5 Å². The van der Waals surface area contributed by atoms with Crippen LogP contribution in [0.4, 0.5) is 27.8 Å². The van der Waals surface area contributed by atoms with Crippen molar-refractivity contribution in [2.24, 2.45) is 5.92 Å². The second kappa shape index (κ2) is 10.6. The number of nitrogens with one attached hydrogen (secondary N) is 3. The molecule has 4 N–H and O–H groups in total. The fraction of sp³-hybridized carbons (Fsp3) is 0.333. The third-order valence-electron chi connectivity index (χ3n) is 5.35. The van der Waals surface area contributed by atoms with E-state index in [4.69, 9.17) is 9.54 Å². The number of aromatic nitrogens is 4. The van der Waals surface area contributed by atoms with Crippen molar-refractivity contribution in [1.82, 2.24) is 24.7 Å². The van der Waals surface area contributed by atoms with Crippen molar-refractivity contribution in [3.63, 3.8) is 0 Å². The Balaban J connectivity index is 1.55. The third-order valence-corrected chi connectivity index (χ3v) is 5.77. The Morgan fingerprint density at radius 1 is 1.24 bits per heavy atom. The fourth-order valence-electron chi connectivity index (χ4n) is 3.64. The van der Waals surface area contributed by atoms with Gasteiger partial charge in [-0.25, -0.2) is 18.3 Å². The van der Waals surface area contributed by atoms with Crippen LogP contribution in [0.5, 0.6) is 0 Å². The fourth-order valence-corrected chi connectivity index (χ4v) is 4.02. The van der Waals surface area contributed by atoms with Gasteiger partial charge in [0.2, 0.25) is 17.2 Å². The summed E-state index contributed by atoms with van der Waals surface area (Å²) >= 11 is -2.02. The molecule has 3 aromatic rings. The molecule has 174 valence electrons. The molecule has 1 saturated heterocycles. The zero-order valence-electron chi connectivity index (χ0n) is 18.0. The van der Waals surface area contributed by atoms with Gasteiger partial charge in [0.05, 0.1) is 12.2 Å². The van der Waals surface area contributed by atoms with Gasteiger partial charge in [0.15, 0.2) is 0 Å². The zero-order valence-corrected chi connectivity index (χ0v) is 18.8. The van der Waals surface area contributed by atoms with Crippen LogP contribution >= 0.6 is 0 Å². The Kier molecular flexibility index (Phi) is 7.37. The van der Waals surface area contributed by atoms with Gasteiger partial charge in [-0.3, -0.25) is 9.54 Å². The monoisotopic (exact) mass is 472 g/mol. The molecule has 3 heterocycles. The van der Waals surface area contributed by atoms with Crippen molar-refractivity contribution >= 4 is 34.7 Å². The minimum absolute atomic E-state index is 0.153. The normalized spacial score (nSPS) is 17.5. The molecule has 1 aliphatic heterocycles. The van der Waals surface area contributed by atoms with Gasteiger partial charge in [-0.2, -0.15) is 9.97 Å². The summed E-state index contributed by atoms with van der Waals surface area (Å²) in [5, 5.41) is 6.44. The van der Waals surface area contributed by atoms with Crippen LogP contribution in [0.15, 0.2) is 48.9 Å². The van der Waals surface area contributed by atoms with E-state index < -0.39 is 11.3 Å². The van der Waals surface area contributed by atoms with E-state index in [0.29, 0.717) is 30.7 Å². The molecule has 1 aromatic carbocycles. The van der Waals surface area contributed by atoms with E-state index in [1.165, 1.54) is 12.1 Å². The molecule has 0 radical (unpaired) electrons. The minimum atomic E-state index is -2.02. The van der Waals surface area contributed by atoms with Gasteiger partial charge >= 0.3 is 0 Å². The van der Waals surface area contributed by atoms with E-state index in [9.17, 15) is 8.60 Å². The number of anilines is 4. The van der Waals surface area contributed by atoms with E-state index in [2.05, 4.69) is 35.2 Å². The SMILES string of the molecule is C[C@H](Nc1nc(Nc2cnccn2)cc(N2CCC(CNS(=O)O)C2)n1)c1ccc(F)cc1. The van der Waals surface area contributed by atoms with Crippen LogP contribution in [-0.4, -0.2) is 48.3 Å². The molecule has 4 rings (SSSR count). The van der Waals surface area contributed by atoms with Crippen LogP contribution in [0, 0.1) is 11.7 Å². The first-order chi connectivity index (χ1) is 16.0. The van der Waals surface area contributed by atoms with Crippen LogP contribution in [0.25, 0.3) is 0 Å². The number of benzene rings is 1. The molecule has 2 unspecified atom stereocenters. The molecule has 1 fully saturated rings. The van der Waals surface area contributed by atoms with Gasteiger partial charge in [0.25, 0.3) is 0 Å². The van der Waals surface area contributed by atoms with Crippen molar-refractivity contribution in [2.45, 2.75) is 19.4 Å². The highest BCUT2D eigenvalue weighted by molar-refractivity contribution is 7.77. The topological polar surface area (TPSA) is 128 Å². The Morgan fingerprint density at radius 3 is 2.79 bits per heavy atom. The second-order valence-electron chi connectivity index (χ2n) is 7.77. The molecule has 3 atom stereocenters. The molecule has 0 aliphatic carbocycles. The van der Waals surface area contributed by atoms with E-state index in [-0.39, 0.29) is 17.8 Å². The smallest absolute Gasteiger partial charge is 0.231 e. The quantitative estimate of drug-likeness (QED) is 0.348. The molecule has 10 nitrogen and oxygen atoms in total. The Labute approximate surface area is 193 Å². The molecular weight excluding hydrogens is 447 g/mol. The lowest BCUT2D eigenvalue weighted by molar-refractivity contribution is 0.521. The van der Waals surface area contributed by atoms with Crippen molar-refractivity contribution in [2.75, 3.05) is 35.2 Å². The standard InChI is InChI=1S/C21H25FN8O2S/c1-14(16-2-4-17(22)5-3-16)26-21-28-18(27-19-12-23-7-8-24-19)10-20(29-21)30-9-6-15(13-30)11-25-33(31)32/h2-5,7-8,10,12,14-15,25H,6,9,11,13H2,1H3,(H,31,32)(H2,24,26,27,28,29)/t14-,15?/m0/s1. The maximum Gasteiger partial charge on any atom is 0.231 e. The maximum atomic E-state index is 13.3. The second-order valence-corrected chi connectivity index (χ2v) is 8.55. The van der Waals surface area contributed by atoms with Crippen LogP contribution in [0.3, 0.4) is 0 Å². The maximum absolute atomic E-state index is 13.3. The predicted octanol–water partition coefficient (Wildman–Crippen LogP) is 2.88. The van der Waals surface area contributed by atoms with Crippen molar-refractivity contribution in [3.05, 3.63) is 60.3 Å². The van der Waals surface area contributed by atoms with Crippen LogP contribution in [-0.2, 0) is 11.3 Å². The average molecular weight is 473 g/mol. The molecule has 1 aliphatic rings. The summed E-state index contributed by atoms with van der Waals surface area (Å²) in [5.41, 5.74) is 0.901. The van der Waals surface area contributed by atoms with Gasteiger partial charge in [-0.1, -0.05) is 12.1 Å².